The first-order valence-electron chi connectivity index (χ1n) is 9.18. The van der Waals surface area contributed by atoms with Gasteiger partial charge >= 0.3 is 0 Å². The van der Waals surface area contributed by atoms with E-state index in [9.17, 15) is 18.0 Å². The fourth-order valence-corrected chi connectivity index (χ4v) is 4.91. The lowest BCUT2D eigenvalue weighted by Crippen LogP contribution is -2.20. The Morgan fingerprint density at radius 1 is 1.13 bits per heavy atom. The molecule has 162 valence electrons. The van der Waals surface area contributed by atoms with Crippen molar-refractivity contribution in [1.29, 1.82) is 0 Å². The van der Waals surface area contributed by atoms with E-state index in [1.165, 1.54) is 12.1 Å². The van der Waals surface area contributed by atoms with Gasteiger partial charge in [0.1, 0.15) is 0 Å². The number of nitrogens with zero attached hydrogens (tertiary/aromatic N) is 1. The zero-order valence-electron chi connectivity index (χ0n) is 17.0. The summed E-state index contributed by atoms with van der Waals surface area (Å²) in [6.45, 7) is 5.61. The SMILES string of the molecule is Cc1ccc(NC(=O)CSc2ncc(S(=O)(=O)c3ccc(C)c(Cl)c3)c(=O)[nH]2)c(C)c1. The summed E-state index contributed by atoms with van der Waals surface area (Å²) in [5.41, 5.74) is 2.64. The molecule has 31 heavy (non-hydrogen) atoms. The zero-order valence-corrected chi connectivity index (χ0v) is 19.4. The molecule has 0 radical (unpaired) electrons. The summed E-state index contributed by atoms with van der Waals surface area (Å²) < 4.78 is 25.5. The number of aryl methyl sites for hydroxylation is 3. The predicted molar refractivity (Wildman–Crippen MR) is 122 cm³/mol. The average molecular weight is 478 g/mol. The predicted octanol–water partition coefficient (Wildman–Crippen LogP) is 3.91. The normalized spacial score (nSPS) is 11.4. The number of hydrogen-bond donors (Lipinski definition) is 2. The fraction of sp³-hybridized carbons (Fsp3) is 0.190. The number of benzene rings is 2. The van der Waals surface area contributed by atoms with E-state index in [4.69, 9.17) is 11.6 Å². The molecule has 0 bridgehead atoms. The Morgan fingerprint density at radius 3 is 2.52 bits per heavy atom. The highest BCUT2D eigenvalue weighted by molar-refractivity contribution is 7.99. The van der Waals surface area contributed by atoms with Crippen molar-refractivity contribution in [1.82, 2.24) is 9.97 Å². The lowest BCUT2D eigenvalue weighted by molar-refractivity contribution is -0.113. The van der Waals surface area contributed by atoms with Gasteiger partial charge in [0.2, 0.25) is 15.7 Å². The molecule has 3 rings (SSSR count). The van der Waals surface area contributed by atoms with E-state index >= 15 is 0 Å². The van der Waals surface area contributed by atoms with Crippen LogP contribution in [-0.2, 0) is 14.6 Å². The third kappa shape index (κ3) is 5.36. The van der Waals surface area contributed by atoms with Crippen LogP contribution >= 0.6 is 23.4 Å². The second kappa shape index (κ2) is 9.25. The van der Waals surface area contributed by atoms with Crippen LogP contribution in [0.25, 0.3) is 0 Å². The number of aromatic nitrogens is 2. The molecular formula is C21H20ClN3O4S2. The van der Waals surface area contributed by atoms with Gasteiger partial charge in [-0.05, 0) is 50.1 Å². The van der Waals surface area contributed by atoms with Crippen molar-refractivity contribution in [2.45, 2.75) is 35.7 Å². The van der Waals surface area contributed by atoms with E-state index in [2.05, 4.69) is 15.3 Å². The molecule has 0 saturated heterocycles. The summed E-state index contributed by atoms with van der Waals surface area (Å²) in [7, 11) is -4.09. The number of anilines is 1. The Labute approximate surface area is 189 Å². The zero-order chi connectivity index (χ0) is 22.8. The largest absolute Gasteiger partial charge is 0.325 e. The first-order valence-corrected chi connectivity index (χ1v) is 12.0. The van der Waals surface area contributed by atoms with Crippen LogP contribution in [0, 0.1) is 20.8 Å². The van der Waals surface area contributed by atoms with Gasteiger partial charge in [-0.25, -0.2) is 13.4 Å². The summed E-state index contributed by atoms with van der Waals surface area (Å²) in [5, 5.41) is 3.23. The molecule has 10 heteroatoms. The molecule has 1 amide bonds. The van der Waals surface area contributed by atoms with Gasteiger partial charge in [0.25, 0.3) is 5.56 Å². The number of aromatic amines is 1. The average Bonchev–Trinajstić information content (AvgIpc) is 2.70. The minimum atomic E-state index is -4.09. The van der Waals surface area contributed by atoms with Crippen molar-refractivity contribution in [2.75, 3.05) is 11.1 Å². The fourth-order valence-electron chi connectivity index (χ4n) is 2.77. The summed E-state index contributed by atoms with van der Waals surface area (Å²) in [5.74, 6) is -0.277. The van der Waals surface area contributed by atoms with Crippen molar-refractivity contribution < 1.29 is 13.2 Å². The van der Waals surface area contributed by atoms with Gasteiger partial charge in [-0.1, -0.05) is 47.1 Å². The number of nitrogens with one attached hydrogen (secondary N) is 2. The smallest absolute Gasteiger partial charge is 0.270 e. The molecule has 0 atom stereocenters. The van der Waals surface area contributed by atoms with Gasteiger partial charge < -0.3 is 10.3 Å². The van der Waals surface area contributed by atoms with Crippen LogP contribution in [-0.4, -0.2) is 30.0 Å². The Kier molecular flexibility index (Phi) is 6.88. The number of rotatable bonds is 6. The number of hydrogen-bond acceptors (Lipinski definition) is 6. The molecule has 7 nitrogen and oxygen atoms in total. The van der Waals surface area contributed by atoms with Gasteiger partial charge in [0.15, 0.2) is 10.1 Å². The number of H-pyrrole nitrogens is 1. The van der Waals surface area contributed by atoms with E-state index in [1.54, 1.807) is 13.0 Å². The van der Waals surface area contributed by atoms with Crippen LogP contribution in [0.4, 0.5) is 5.69 Å². The van der Waals surface area contributed by atoms with Gasteiger partial charge in [-0.3, -0.25) is 9.59 Å². The molecule has 0 spiro atoms. The van der Waals surface area contributed by atoms with Crippen LogP contribution in [0.5, 0.6) is 0 Å². The van der Waals surface area contributed by atoms with Crippen molar-refractivity contribution >= 4 is 44.8 Å². The molecule has 0 fully saturated rings. The van der Waals surface area contributed by atoms with Gasteiger partial charge in [-0.2, -0.15) is 0 Å². The monoisotopic (exact) mass is 477 g/mol. The van der Waals surface area contributed by atoms with E-state index in [1.807, 2.05) is 32.0 Å². The number of sulfone groups is 1. The van der Waals surface area contributed by atoms with E-state index in [0.29, 0.717) is 5.69 Å². The lowest BCUT2D eigenvalue weighted by atomic mass is 10.1. The Morgan fingerprint density at radius 2 is 1.87 bits per heavy atom. The highest BCUT2D eigenvalue weighted by Crippen LogP contribution is 2.24. The molecule has 0 aliphatic carbocycles. The highest BCUT2D eigenvalue weighted by atomic mass is 35.5. The van der Waals surface area contributed by atoms with Gasteiger partial charge in [0.05, 0.1) is 16.8 Å². The minimum absolute atomic E-state index is 0.00404. The van der Waals surface area contributed by atoms with Gasteiger partial charge in [-0.15, -0.1) is 0 Å². The van der Waals surface area contributed by atoms with E-state index in [0.717, 1.165) is 34.6 Å². The quantitative estimate of drug-likeness (QED) is 0.411. The number of thioether (sulfide) groups is 1. The maximum Gasteiger partial charge on any atom is 0.270 e. The molecule has 3 aromatic rings. The van der Waals surface area contributed by atoms with Crippen LogP contribution in [0.1, 0.15) is 16.7 Å². The first-order chi connectivity index (χ1) is 14.6. The molecule has 0 unspecified atom stereocenters. The second-order valence-corrected chi connectivity index (χ2v) is 10.2. The van der Waals surface area contributed by atoms with Crippen LogP contribution < -0.4 is 10.9 Å². The van der Waals surface area contributed by atoms with Crippen molar-refractivity contribution in [3.05, 3.63) is 74.7 Å². The minimum Gasteiger partial charge on any atom is -0.325 e. The van der Waals surface area contributed by atoms with Crippen LogP contribution in [0.15, 0.2) is 62.3 Å². The summed E-state index contributed by atoms with van der Waals surface area (Å²) in [6.07, 6.45) is 0.992. The molecular weight excluding hydrogens is 458 g/mol. The van der Waals surface area contributed by atoms with Crippen LogP contribution in [0.3, 0.4) is 0 Å². The van der Waals surface area contributed by atoms with Crippen molar-refractivity contribution in [3.63, 3.8) is 0 Å². The number of halogens is 1. The van der Waals surface area contributed by atoms with E-state index < -0.39 is 20.3 Å². The summed E-state index contributed by atoms with van der Waals surface area (Å²) in [4.78, 5) is 30.5. The summed E-state index contributed by atoms with van der Waals surface area (Å²) >= 11 is 7.01. The van der Waals surface area contributed by atoms with Crippen molar-refractivity contribution in [3.8, 4) is 0 Å². The summed E-state index contributed by atoms with van der Waals surface area (Å²) in [6, 6.07) is 9.93. The first kappa shape index (κ1) is 23.1. The maximum absolute atomic E-state index is 12.8. The van der Waals surface area contributed by atoms with Crippen LogP contribution in [0.2, 0.25) is 5.02 Å². The van der Waals surface area contributed by atoms with E-state index in [-0.39, 0.29) is 26.7 Å². The Bertz CT molecular complexity index is 1320. The molecule has 1 aromatic heterocycles. The maximum atomic E-state index is 12.8. The number of amides is 1. The third-order valence-electron chi connectivity index (χ3n) is 4.48. The second-order valence-electron chi connectivity index (χ2n) is 6.95. The number of carbonyl (C=O) groups is 1. The van der Waals surface area contributed by atoms with Gasteiger partial charge in [0, 0.05) is 10.7 Å². The molecule has 0 saturated carbocycles. The number of carbonyl (C=O) groups excluding carboxylic acids is 1. The highest BCUT2D eigenvalue weighted by Gasteiger charge is 2.23. The van der Waals surface area contributed by atoms with Crippen molar-refractivity contribution in [2.24, 2.45) is 0 Å². The molecule has 0 aliphatic heterocycles. The molecule has 0 aliphatic rings. The molecule has 2 aromatic carbocycles. The lowest BCUT2D eigenvalue weighted by Gasteiger charge is -2.09. The molecule has 2 N–H and O–H groups in total. The Hall–Kier alpha value is -2.62. The topological polar surface area (TPSA) is 109 Å². The third-order valence-corrected chi connectivity index (χ3v) is 7.52. The standard InChI is InChI=1S/C21H20ClN3O4S2/c1-12-4-7-17(14(3)8-12)24-19(26)11-30-21-23-10-18(20(27)25-21)31(28,29)15-6-5-13(2)16(22)9-15/h4-10H,11H2,1-3H3,(H,24,26)(H,23,25,27). The molecule has 1 heterocycles. The Balaban J connectivity index is 1.72.